The molecule has 0 aliphatic rings. The summed E-state index contributed by atoms with van der Waals surface area (Å²) in [5.41, 5.74) is 1.34. The highest BCUT2D eigenvalue weighted by atomic mass is 35.5. The van der Waals surface area contributed by atoms with Gasteiger partial charge in [-0.1, -0.05) is 29.3 Å². The Balaban J connectivity index is 2.21. The topological polar surface area (TPSA) is 79.2 Å². The number of nitriles is 1. The van der Waals surface area contributed by atoms with Crippen molar-refractivity contribution in [3.63, 3.8) is 0 Å². The first-order valence-electron chi connectivity index (χ1n) is 7.91. The lowest BCUT2D eigenvalue weighted by Crippen LogP contribution is -2.11. The van der Waals surface area contributed by atoms with Gasteiger partial charge in [-0.25, -0.2) is 4.79 Å². The lowest BCUT2D eigenvalue weighted by Gasteiger charge is -2.06. The molecule has 0 aliphatic heterocycles. The summed E-state index contributed by atoms with van der Waals surface area (Å²) in [6, 6.07) is 6.93. The Kier molecular flexibility index (Phi) is 7.03. The number of hydrogen-bond acceptors (Lipinski definition) is 5. The Morgan fingerprint density at radius 1 is 1.33 bits per heavy atom. The van der Waals surface area contributed by atoms with Gasteiger partial charge in [-0.15, -0.1) is 11.3 Å². The van der Waals surface area contributed by atoms with Crippen LogP contribution in [0.1, 0.15) is 40.2 Å². The van der Waals surface area contributed by atoms with Crippen LogP contribution in [-0.4, -0.2) is 18.0 Å². The third kappa shape index (κ3) is 5.33. The van der Waals surface area contributed by atoms with Crippen LogP contribution in [0.3, 0.4) is 0 Å². The summed E-state index contributed by atoms with van der Waals surface area (Å²) in [5, 5.41) is 13.2. The molecule has 1 heterocycles. The number of hydrogen-bond donors (Lipinski definition) is 1. The lowest BCUT2D eigenvalue weighted by atomic mass is 10.1. The second-order valence-corrected chi connectivity index (χ2v) is 7.68. The second kappa shape index (κ2) is 9.05. The van der Waals surface area contributed by atoms with Crippen LogP contribution in [0.4, 0.5) is 5.00 Å². The second-order valence-electron chi connectivity index (χ2n) is 5.81. The van der Waals surface area contributed by atoms with Crippen LogP contribution < -0.4 is 5.32 Å². The molecule has 8 heteroatoms. The van der Waals surface area contributed by atoms with Gasteiger partial charge in [-0.2, -0.15) is 5.26 Å². The predicted molar refractivity (Wildman–Crippen MR) is 108 cm³/mol. The largest absolute Gasteiger partial charge is 0.459 e. The molecular formula is C19H16Cl2N2O3S. The number of rotatable bonds is 5. The molecule has 1 amide bonds. The van der Waals surface area contributed by atoms with Crippen LogP contribution >= 0.6 is 34.5 Å². The van der Waals surface area contributed by atoms with Crippen molar-refractivity contribution in [2.45, 2.75) is 26.9 Å². The van der Waals surface area contributed by atoms with Crippen LogP contribution in [0.5, 0.6) is 0 Å². The third-order valence-corrected chi connectivity index (χ3v) is 5.15. The smallest absolute Gasteiger partial charge is 0.348 e. The van der Waals surface area contributed by atoms with E-state index in [1.54, 1.807) is 39.0 Å². The van der Waals surface area contributed by atoms with Crippen LogP contribution in [0.25, 0.3) is 6.08 Å². The maximum Gasteiger partial charge on any atom is 0.348 e. The summed E-state index contributed by atoms with van der Waals surface area (Å²) in [6.07, 6.45) is 2.54. The van der Waals surface area contributed by atoms with Crippen molar-refractivity contribution in [3.05, 3.63) is 55.9 Å². The van der Waals surface area contributed by atoms with E-state index in [1.807, 2.05) is 6.07 Å². The van der Waals surface area contributed by atoms with Gasteiger partial charge in [-0.05, 0) is 50.1 Å². The zero-order valence-electron chi connectivity index (χ0n) is 14.8. The van der Waals surface area contributed by atoms with E-state index < -0.39 is 11.9 Å². The monoisotopic (exact) mass is 422 g/mol. The standard InChI is InChI=1S/C19H16Cl2N2O3S/c1-10(2)26-19(25)17-11(3)14(9-22)18(27-17)23-16(24)7-5-12-4-6-13(20)8-15(12)21/h4-8,10H,1-3H3,(H,23,24)/b7-5+. The third-order valence-electron chi connectivity index (χ3n) is 3.40. The van der Waals surface area contributed by atoms with Gasteiger partial charge in [0, 0.05) is 16.1 Å². The van der Waals surface area contributed by atoms with E-state index in [1.165, 1.54) is 12.2 Å². The molecule has 0 bridgehead atoms. The minimum Gasteiger partial charge on any atom is -0.459 e. The Hall–Kier alpha value is -2.33. The van der Waals surface area contributed by atoms with E-state index in [4.69, 9.17) is 27.9 Å². The molecule has 140 valence electrons. The van der Waals surface area contributed by atoms with Crippen molar-refractivity contribution >= 4 is 57.5 Å². The maximum atomic E-state index is 12.2. The first kappa shape index (κ1) is 21.0. The molecule has 0 saturated heterocycles. The van der Waals surface area contributed by atoms with Gasteiger partial charge in [0.2, 0.25) is 5.91 Å². The molecule has 2 rings (SSSR count). The first-order valence-corrected chi connectivity index (χ1v) is 9.48. The number of thiophene rings is 1. The van der Waals surface area contributed by atoms with E-state index in [2.05, 4.69) is 5.32 Å². The Morgan fingerprint density at radius 2 is 2.04 bits per heavy atom. The number of carbonyl (C=O) groups is 2. The van der Waals surface area contributed by atoms with Gasteiger partial charge in [0.15, 0.2) is 0 Å². The van der Waals surface area contributed by atoms with E-state index in [9.17, 15) is 14.9 Å². The molecule has 0 fully saturated rings. The number of halogens is 2. The van der Waals surface area contributed by atoms with Crippen LogP contribution in [0.2, 0.25) is 10.0 Å². The zero-order valence-corrected chi connectivity index (χ0v) is 17.1. The fraction of sp³-hybridized carbons (Fsp3) is 0.211. The van der Waals surface area contributed by atoms with E-state index in [0.717, 1.165) is 11.3 Å². The Labute approximate surface area is 171 Å². The number of amides is 1. The summed E-state index contributed by atoms with van der Waals surface area (Å²) in [7, 11) is 0. The number of ether oxygens (including phenoxy) is 1. The molecule has 0 radical (unpaired) electrons. The predicted octanol–water partition coefficient (Wildman–Crippen LogP) is 5.45. The zero-order chi connectivity index (χ0) is 20.1. The maximum absolute atomic E-state index is 12.2. The van der Waals surface area contributed by atoms with Crippen molar-refractivity contribution in [1.82, 2.24) is 0 Å². The van der Waals surface area contributed by atoms with Gasteiger partial charge in [0.25, 0.3) is 0 Å². The molecule has 27 heavy (non-hydrogen) atoms. The number of carbonyl (C=O) groups excluding carboxylic acids is 2. The van der Waals surface area contributed by atoms with Crippen LogP contribution in [0.15, 0.2) is 24.3 Å². The van der Waals surface area contributed by atoms with Crippen LogP contribution in [0, 0.1) is 18.3 Å². The Morgan fingerprint density at radius 3 is 2.63 bits per heavy atom. The molecule has 0 spiro atoms. The molecule has 0 aliphatic carbocycles. The summed E-state index contributed by atoms with van der Waals surface area (Å²) in [4.78, 5) is 24.7. The number of anilines is 1. The summed E-state index contributed by atoms with van der Waals surface area (Å²) in [5.74, 6) is -0.976. The molecular weight excluding hydrogens is 407 g/mol. The van der Waals surface area contributed by atoms with Crippen molar-refractivity contribution < 1.29 is 14.3 Å². The number of benzene rings is 1. The average Bonchev–Trinajstić information content (AvgIpc) is 2.89. The van der Waals surface area contributed by atoms with Gasteiger partial charge >= 0.3 is 5.97 Å². The number of nitrogens with one attached hydrogen (secondary N) is 1. The summed E-state index contributed by atoms with van der Waals surface area (Å²) >= 11 is 12.9. The highest BCUT2D eigenvalue weighted by Gasteiger charge is 2.22. The summed E-state index contributed by atoms with van der Waals surface area (Å²) in [6.45, 7) is 5.12. The fourth-order valence-corrected chi connectivity index (χ4v) is 3.67. The molecule has 0 unspecified atom stereocenters. The molecule has 1 N–H and O–H groups in total. The van der Waals surface area contributed by atoms with E-state index >= 15 is 0 Å². The van der Waals surface area contributed by atoms with Gasteiger partial charge in [-0.3, -0.25) is 4.79 Å². The fourth-order valence-electron chi connectivity index (χ4n) is 2.15. The quantitative estimate of drug-likeness (QED) is 0.512. The average molecular weight is 423 g/mol. The molecule has 1 aromatic carbocycles. The van der Waals surface area contributed by atoms with Gasteiger partial charge in [0.1, 0.15) is 15.9 Å². The normalized spacial score (nSPS) is 10.9. The summed E-state index contributed by atoms with van der Waals surface area (Å²) < 4.78 is 5.17. The highest BCUT2D eigenvalue weighted by Crippen LogP contribution is 2.33. The van der Waals surface area contributed by atoms with Crippen molar-refractivity contribution in [2.24, 2.45) is 0 Å². The van der Waals surface area contributed by atoms with Gasteiger partial charge < -0.3 is 10.1 Å². The minimum atomic E-state index is -0.520. The molecule has 0 saturated carbocycles. The van der Waals surface area contributed by atoms with Crippen molar-refractivity contribution in [2.75, 3.05) is 5.32 Å². The van der Waals surface area contributed by atoms with Gasteiger partial charge in [0.05, 0.1) is 11.7 Å². The molecule has 0 atom stereocenters. The number of nitrogens with zero attached hydrogens (tertiary/aromatic N) is 1. The van der Waals surface area contributed by atoms with Crippen LogP contribution in [-0.2, 0) is 9.53 Å². The molecule has 2 aromatic rings. The SMILES string of the molecule is Cc1c(C(=O)OC(C)C)sc(NC(=O)/C=C/c2ccc(Cl)cc2Cl)c1C#N. The van der Waals surface area contributed by atoms with Crippen molar-refractivity contribution in [3.8, 4) is 6.07 Å². The lowest BCUT2D eigenvalue weighted by molar-refractivity contribution is -0.111. The Bertz CT molecular complexity index is 959. The minimum absolute atomic E-state index is 0.238. The first-order chi connectivity index (χ1) is 12.7. The van der Waals surface area contributed by atoms with E-state index in [-0.39, 0.29) is 11.7 Å². The molecule has 1 aromatic heterocycles. The van der Waals surface area contributed by atoms with Crippen molar-refractivity contribution in [1.29, 1.82) is 5.26 Å². The highest BCUT2D eigenvalue weighted by molar-refractivity contribution is 7.18. The number of esters is 1. The van der Waals surface area contributed by atoms with E-state index in [0.29, 0.717) is 31.1 Å². The molecule has 5 nitrogen and oxygen atoms in total.